The monoisotopic (exact) mass is 355 g/mol. The molecular formula is C15H18FN3O4S. The maximum atomic E-state index is 14.4. The molecule has 1 atom stereocenters. The van der Waals surface area contributed by atoms with E-state index in [1.165, 1.54) is 6.07 Å². The minimum atomic E-state index is -2.18. The summed E-state index contributed by atoms with van der Waals surface area (Å²) < 4.78 is 46.7. The molecule has 7 nitrogen and oxygen atoms in total. The van der Waals surface area contributed by atoms with E-state index in [2.05, 4.69) is 14.9 Å². The van der Waals surface area contributed by atoms with Crippen molar-refractivity contribution in [3.05, 3.63) is 46.9 Å². The van der Waals surface area contributed by atoms with Crippen molar-refractivity contribution < 1.29 is 22.4 Å². The van der Waals surface area contributed by atoms with Gasteiger partial charge in [0.15, 0.2) is 5.82 Å². The molecule has 1 aromatic heterocycles. The lowest BCUT2D eigenvalue weighted by Crippen LogP contribution is -2.36. The van der Waals surface area contributed by atoms with Gasteiger partial charge in [0.25, 0.3) is 0 Å². The van der Waals surface area contributed by atoms with Crippen LogP contribution < -0.4 is 4.72 Å². The van der Waals surface area contributed by atoms with E-state index in [4.69, 9.17) is 13.8 Å². The number of halogens is 1. The first-order valence-corrected chi connectivity index (χ1v) is 8.64. The Hall–Kier alpha value is -1.68. The molecule has 1 aliphatic rings. The van der Waals surface area contributed by atoms with Gasteiger partial charge in [-0.15, -0.1) is 0 Å². The van der Waals surface area contributed by atoms with E-state index in [0.29, 0.717) is 43.3 Å². The van der Waals surface area contributed by atoms with Crippen LogP contribution in [0.4, 0.5) is 4.39 Å². The van der Waals surface area contributed by atoms with E-state index in [-0.39, 0.29) is 6.54 Å². The fourth-order valence-electron chi connectivity index (χ4n) is 2.98. The van der Waals surface area contributed by atoms with Crippen LogP contribution in [0.5, 0.6) is 0 Å². The van der Waals surface area contributed by atoms with Crippen LogP contribution in [0, 0.1) is 12.7 Å². The van der Waals surface area contributed by atoms with Crippen LogP contribution in [0.25, 0.3) is 0 Å². The number of hydrogen-bond acceptors (Lipinski definition) is 5. The summed E-state index contributed by atoms with van der Waals surface area (Å²) in [5, 5.41) is 4.05. The van der Waals surface area contributed by atoms with E-state index >= 15 is 0 Å². The molecule has 0 radical (unpaired) electrons. The second-order valence-electron chi connectivity index (χ2n) is 5.71. The van der Waals surface area contributed by atoms with Gasteiger partial charge in [-0.25, -0.2) is 13.3 Å². The highest BCUT2D eigenvalue weighted by Gasteiger charge is 2.40. The van der Waals surface area contributed by atoms with Gasteiger partial charge in [0.1, 0.15) is 5.82 Å². The average Bonchev–Trinajstić information content (AvgIpc) is 3.01. The maximum Gasteiger partial charge on any atom is 0.232 e. The Kier molecular flexibility index (Phi) is 5.04. The first-order chi connectivity index (χ1) is 11.5. The van der Waals surface area contributed by atoms with Crippen molar-refractivity contribution in [3.8, 4) is 0 Å². The summed E-state index contributed by atoms with van der Waals surface area (Å²) in [6.07, 6.45) is 1.26. The van der Waals surface area contributed by atoms with Crippen molar-refractivity contribution in [2.45, 2.75) is 31.7 Å². The lowest BCUT2D eigenvalue weighted by molar-refractivity contribution is 0.0596. The topological polar surface area (TPSA) is 97.5 Å². The van der Waals surface area contributed by atoms with E-state index in [9.17, 15) is 8.60 Å². The van der Waals surface area contributed by atoms with Gasteiger partial charge in [-0.05, 0) is 24.5 Å². The Morgan fingerprint density at radius 3 is 2.75 bits per heavy atom. The second kappa shape index (κ2) is 7.06. The quantitative estimate of drug-likeness (QED) is 0.795. The van der Waals surface area contributed by atoms with Crippen LogP contribution in [0.2, 0.25) is 0 Å². The highest BCUT2D eigenvalue weighted by atomic mass is 32.2. The van der Waals surface area contributed by atoms with Gasteiger partial charge in [0, 0.05) is 32.2 Å². The zero-order valence-corrected chi connectivity index (χ0v) is 13.9. The van der Waals surface area contributed by atoms with Crippen LogP contribution in [-0.2, 0) is 28.0 Å². The molecule has 1 fully saturated rings. The summed E-state index contributed by atoms with van der Waals surface area (Å²) >= 11 is -2.18. The molecule has 1 unspecified atom stereocenters. The van der Waals surface area contributed by atoms with Crippen molar-refractivity contribution >= 4 is 11.3 Å². The fourth-order valence-corrected chi connectivity index (χ4v) is 3.26. The molecule has 24 heavy (non-hydrogen) atoms. The zero-order valence-electron chi connectivity index (χ0n) is 13.1. The van der Waals surface area contributed by atoms with Crippen molar-refractivity contribution in [3.63, 3.8) is 0 Å². The number of benzene rings is 1. The smallest absolute Gasteiger partial charge is 0.232 e. The molecule has 0 saturated carbocycles. The third-order valence-corrected chi connectivity index (χ3v) is 4.68. The minimum Gasteiger partial charge on any atom is -0.381 e. The summed E-state index contributed by atoms with van der Waals surface area (Å²) in [5.41, 5.74) is 0.508. The van der Waals surface area contributed by atoms with E-state index in [0.717, 1.165) is 5.56 Å². The molecule has 0 bridgehead atoms. The summed E-state index contributed by atoms with van der Waals surface area (Å²) in [6, 6.07) is 4.85. The first kappa shape index (κ1) is 17.2. The number of ether oxygens (including phenoxy) is 1. The van der Waals surface area contributed by atoms with Gasteiger partial charge in [-0.3, -0.25) is 4.55 Å². The van der Waals surface area contributed by atoms with Gasteiger partial charge in [0.05, 0.1) is 5.41 Å². The lowest BCUT2D eigenvalue weighted by Gasteiger charge is -2.35. The molecule has 0 amide bonds. The fraction of sp³-hybridized carbons (Fsp3) is 0.467. The van der Waals surface area contributed by atoms with Crippen molar-refractivity contribution in [1.29, 1.82) is 0 Å². The summed E-state index contributed by atoms with van der Waals surface area (Å²) in [7, 11) is 0. The standard InChI is InChI=1S/C15H18FN3O4S/c1-10-18-14(19-23-10)15(4-6-22-7-5-15)12-3-2-11(13(16)8-12)9-17-24(20)21/h2-3,8,17H,4-7,9H2,1H3,(H,20,21). The average molecular weight is 355 g/mol. The zero-order chi connectivity index (χ0) is 17.2. The van der Waals surface area contributed by atoms with Gasteiger partial charge < -0.3 is 9.26 Å². The molecule has 0 aliphatic carbocycles. The SMILES string of the molecule is Cc1nc(C2(c3ccc(CNS(=O)O)c(F)c3)CCOCC2)no1. The first-order valence-electron chi connectivity index (χ1n) is 7.53. The van der Waals surface area contributed by atoms with Crippen molar-refractivity contribution in [2.24, 2.45) is 0 Å². The molecular weight excluding hydrogens is 337 g/mol. The highest BCUT2D eigenvalue weighted by molar-refractivity contribution is 7.77. The van der Waals surface area contributed by atoms with E-state index in [1.807, 2.05) is 0 Å². The lowest BCUT2D eigenvalue weighted by atomic mass is 9.73. The van der Waals surface area contributed by atoms with Crippen molar-refractivity contribution in [1.82, 2.24) is 14.9 Å². The number of aromatic nitrogens is 2. The van der Waals surface area contributed by atoms with Gasteiger partial charge in [-0.1, -0.05) is 17.3 Å². The molecule has 2 N–H and O–H groups in total. The minimum absolute atomic E-state index is 0.0351. The Labute approximate surface area is 141 Å². The Morgan fingerprint density at radius 2 is 2.17 bits per heavy atom. The third kappa shape index (κ3) is 3.39. The Morgan fingerprint density at radius 1 is 1.42 bits per heavy atom. The van der Waals surface area contributed by atoms with E-state index in [1.54, 1.807) is 19.1 Å². The maximum absolute atomic E-state index is 14.4. The number of nitrogens with zero attached hydrogens (tertiary/aromatic N) is 2. The van der Waals surface area contributed by atoms with Gasteiger partial charge >= 0.3 is 0 Å². The Balaban J connectivity index is 1.96. The summed E-state index contributed by atoms with van der Waals surface area (Å²) in [5.74, 6) is 0.546. The second-order valence-corrected chi connectivity index (χ2v) is 6.49. The summed E-state index contributed by atoms with van der Waals surface area (Å²) in [6.45, 7) is 2.74. The third-order valence-electron chi connectivity index (χ3n) is 4.29. The molecule has 0 spiro atoms. The Bertz CT molecular complexity index is 746. The van der Waals surface area contributed by atoms with Crippen LogP contribution in [0.3, 0.4) is 0 Å². The number of nitrogens with one attached hydrogen (secondary N) is 1. The number of aryl methyl sites for hydroxylation is 1. The largest absolute Gasteiger partial charge is 0.381 e. The van der Waals surface area contributed by atoms with Crippen LogP contribution >= 0.6 is 0 Å². The molecule has 1 aliphatic heterocycles. The summed E-state index contributed by atoms with van der Waals surface area (Å²) in [4.78, 5) is 4.35. The molecule has 1 saturated heterocycles. The number of rotatable bonds is 5. The van der Waals surface area contributed by atoms with Gasteiger partial charge in [-0.2, -0.15) is 4.98 Å². The van der Waals surface area contributed by atoms with Crippen LogP contribution in [0.1, 0.15) is 35.7 Å². The molecule has 9 heteroatoms. The molecule has 2 aromatic rings. The molecule has 2 heterocycles. The highest BCUT2D eigenvalue weighted by Crippen LogP contribution is 2.40. The predicted molar refractivity (Wildman–Crippen MR) is 83.9 cm³/mol. The van der Waals surface area contributed by atoms with Crippen LogP contribution in [0.15, 0.2) is 22.7 Å². The molecule has 130 valence electrons. The number of hydrogen-bond donors (Lipinski definition) is 2. The van der Waals surface area contributed by atoms with Crippen molar-refractivity contribution in [2.75, 3.05) is 13.2 Å². The molecule has 1 aromatic carbocycles. The van der Waals surface area contributed by atoms with Crippen LogP contribution in [-0.4, -0.2) is 32.1 Å². The van der Waals surface area contributed by atoms with Gasteiger partial charge in [0.2, 0.25) is 17.2 Å². The van der Waals surface area contributed by atoms with E-state index < -0.39 is 22.5 Å². The molecule has 3 rings (SSSR count). The predicted octanol–water partition coefficient (Wildman–Crippen LogP) is 1.84. The normalized spacial score (nSPS) is 18.5.